The maximum absolute atomic E-state index is 12.0. The molecular formula is C14H22O2. The zero-order valence-corrected chi connectivity index (χ0v) is 10.1. The molecule has 90 valence electrons. The largest absolute Gasteiger partial charge is 0.289 e. The minimum absolute atomic E-state index is 0. The molecule has 0 radical (unpaired) electrons. The summed E-state index contributed by atoms with van der Waals surface area (Å²) in [6.45, 7) is 9.33. The van der Waals surface area contributed by atoms with Crippen molar-refractivity contribution in [3.8, 4) is 0 Å². The highest BCUT2D eigenvalue weighted by Gasteiger charge is 2.27. The minimum atomic E-state index is 0. The van der Waals surface area contributed by atoms with Crippen LogP contribution in [0, 0.1) is 5.92 Å². The third kappa shape index (κ3) is 2.49. The van der Waals surface area contributed by atoms with Crippen LogP contribution in [0.5, 0.6) is 0 Å². The van der Waals surface area contributed by atoms with Crippen LogP contribution < -0.4 is 0 Å². The van der Waals surface area contributed by atoms with Crippen molar-refractivity contribution in [2.45, 2.75) is 48.5 Å². The highest BCUT2D eigenvalue weighted by molar-refractivity contribution is 6.24. The molecule has 0 atom stereocenters. The molecular weight excluding hydrogens is 200 g/mol. The van der Waals surface area contributed by atoms with Crippen LogP contribution in [0.1, 0.15) is 48.5 Å². The lowest BCUT2D eigenvalue weighted by molar-refractivity contribution is -0.116. The van der Waals surface area contributed by atoms with Crippen molar-refractivity contribution < 1.29 is 9.59 Å². The molecule has 0 saturated heterocycles. The van der Waals surface area contributed by atoms with Gasteiger partial charge in [0.05, 0.1) is 0 Å². The Labute approximate surface area is 98.4 Å². The highest BCUT2D eigenvalue weighted by Crippen LogP contribution is 2.27. The van der Waals surface area contributed by atoms with E-state index in [1.54, 1.807) is 20.8 Å². The monoisotopic (exact) mass is 222 g/mol. The van der Waals surface area contributed by atoms with Crippen LogP contribution in [0.3, 0.4) is 0 Å². The Balaban J connectivity index is 0.00000225. The number of carbonyl (C=O) groups is 2. The van der Waals surface area contributed by atoms with Gasteiger partial charge >= 0.3 is 0 Å². The first-order valence-corrected chi connectivity index (χ1v) is 5.32. The zero-order valence-electron chi connectivity index (χ0n) is 10.1. The Morgan fingerprint density at radius 2 is 1.31 bits per heavy atom. The molecule has 0 unspecified atom stereocenters. The fourth-order valence-corrected chi connectivity index (χ4v) is 1.81. The van der Waals surface area contributed by atoms with Crippen molar-refractivity contribution in [3.63, 3.8) is 0 Å². The number of Topliss-reactive ketones (excluding diaryl/α,β-unsaturated/α-hetero) is 2. The Morgan fingerprint density at radius 3 is 1.75 bits per heavy atom. The summed E-state index contributed by atoms with van der Waals surface area (Å²) in [7, 11) is 0. The van der Waals surface area contributed by atoms with Crippen molar-refractivity contribution in [1.29, 1.82) is 0 Å². The summed E-state index contributed by atoms with van der Waals surface area (Å²) >= 11 is 0. The molecule has 1 aliphatic carbocycles. The molecule has 1 aliphatic rings. The van der Waals surface area contributed by atoms with Gasteiger partial charge in [-0.1, -0.05) is 21.3 Å². The van der Waals surface area contributed by atoms with E-state index >= 15 is 0 Å². The Hall–Kier alpha value is -1.18. The predicted octanol–water partition coefficient (Wildman–Crippen LogP) is 3.47. The van der Waals surface area contributed by atoms with E-state index in [0.717, 1.165) is 0 Å². The maximum Gasteiger partial charge on any atom is 0.185 e. The van der Waals surface area contributed by atoms with E-state index in [1.165, 1.54) is 0 Å². The molecule has 0 saturated carbocycles. The van der Waals surface area contributed by atoms with Crippen LogP contribution in [0.15, 0.2) is 22.3 Å². The fraction of sp³-hybridized carbons (Fsp3) is 0.571. The standard InChI is InChI=1S/C13H18O2.CH4/c1-7(2)6-11-10(5)12(14)8(3)9(4)13(11)15;/h7H,6H2,1-5H3;1H4. The van der Waals surface area contributed by atoms with Crippen LogP contribution in [0.25, 0.3) is 0 Å². The van der Waals surface area contributed by atoms with Gasteiger partial charge in [-0.3, -0.25) is 9.59 Å². The first-order valence-electron chi connectivity index (χ1n) is 5.32. The van der Waals surface area contributed by atoms with Crippen LogP contribution in [0.4, 0.5) is 0 Å². The summed E-state index contributed by atoms with van der Waals surface area (Å²) in [5.74, 6) is 0.485. The van der Waals surface area contributed by atoms with Crippen molar-refractivity contribution in [2.24, 2.45) is 5.92 Å². The van der Waals surface area contributed by atoms with Gasteiger partial charge in [-0.15, -0.1) is 0 Å². The molecule has 0 spiro atoms. The Morgan fingerprint density at radius 1 is 0.875 bits per heavy atom. The fourth-order valence-electron chi connectivity index (χ4n) is 1.81. The van der Waals surface area contributed by atoms with Gasteiger partial charge in [0, 0.05) is 22.3 Å². The first-order chi connectivity index (χ1) is 6.86. The normalized spacial score (nSPS) is 17.1. The summed E-state index contributed by atoms with van der Waals surface area (Å²) in [6, 6.07) is 0. The lowest BCUT2D eigenvalue weighted by Crippen LogP contribution is -2.21. The lowest BCUT2D eigenvalue weighted by atomic mass is 9.82. The van der Waals surface area contributed by atoms with Crippen molar-refractivity contribution in [1.82, 2.24) is 0 Å². The number of allylic oxidation sites excluding steroid dienone is 4. The van der Waals surface area contributed by atoms with Crippen LogP contribution >= 0.6 is 0 Å². The number of hydrogen-bond acceptors (Lipinski definition) is 2. The number of hydrogen-bond donors (Lipinski definition) is 0. The number of ketones is 2. The molecule has 0 aromatic heterocycles. The van der Waals surface area contributed by atoms with E-state index in [1.807, 2.05) is 0 Å². The van der Waals surface area contributed by atoms with Crippen molar-refractivity contribution in [3.05, 3.63) is 22.3 Å². The van der Waals surface area contributed by atoms with Crippen LogP contribution in [-0.2, 0) is 9.59 Å². The summed E-state index contributed by atoms with van der Waals surface area (Å²) < 4.78 is 0. The molecule has 0 heterocycles. The average molecular weight is 222 g/mol. The van der Waals surface area contributed by atoms with Gasteiger partial charge in [-0.25, -0.2) is 0 Å². The SMILES string of the molecule is C.CC1=C(C)C(=O)C(CC(C)C)=C(C)C1=O. The summed E-state index contributed by atoms with van der Waals surface area (Å²) in [6.07, 6.45) is 0.695. The minimum Gasteiger partial charge on any atom is -0.289 e. The lowest BCUT2D eigenvalue weighted by Gasteiger charge is -2.19. The molecule has 0 aliphatic heterocycles. The van der Waals surface area contributed by atoms with Crippen molar-refractivity contribution >= 4 is 11.6 Å². The second kappa shape index (κ2) is 5.24. The molecule has 2 heteroatoms. The smallest absolute Gasteiger partial charge is 0.185 e. The zero-order chi connectivity index (χ0) is 11.7. The van der Waals surface area contributed by atoms with E-state index in [4.69, 9.17) is 0 Å². The van der Waals surface area contributed by atoms with Gasteiger partial charge in [0.2, 0.25) is 0 Å². The topological polar surface area (TPSA) is 34.1 Å². The molecule has 0 aromatic carbocycles. The van der Waals surface area contributed by atoms with E-state index in [-0.39, 0.29) is 19.0 Å². The molecule has 1 rings (SSSR count). The van der Waals surface area contributed by atoms with Gasteiger partial charge in [-0.2, -0.15) is 0 Å². The predicted molar refractivity (Wildman–Crippen MR) is 67.3 cm³/mol. The van der Waals surface area contributed by atoms with Gasteiger partial charge < -0.3 is 0 Å². The molecule has 0 fully saturated rings. The van der Waals surface area contributed by atoms with E-state index in [9.17, 15) is 9.59 Å². The Bertz CT molecular complexity index is 382. The van der Waals surface area contributed by atoms with E-state index in [2.05, 4.69) is 13.8 Å². The molecule has 0 bridgehead atoms. The van der Waals surface area contributed by atoms with Gasteiger partial charge in [0.25, 0.3) is 0 Å². The average Bonchev–Trinajstić information content (AvgIpc) is 2.18. The summed E-state index contributed by atoms with van der Waals surface area (Å²) in [5.41, 5.74) is 2.56. The molecule has 0 aromatic rings. The van der Waals surface area contributed by atoms with Gasteiger partial charge in [-0.05, 0) is 33.1 Å². The molecule has 0 N–H and O–H groups in total. The summed E-state index contributed by atoms with van der Waals surface area (Å²) in [4.78, 5) is 23.8. The number of carbonyl (C=O) groups excluding carboxylic acids is 2. The molecule has 0 amide bonds. The van der Waals surface area contributed by atoms with Crippen LogP contribution in [-0.4, -0.2) is 11.6 Å². The quantitative estimate of drug-likeness (QED) is 0.670. The first kappa shape index (κ1) is 14.8. The summed E-state index contributed by atoms with van der Waals surface area (Å²) in [5, 5.41) is 0. The van der Waals surface area contributed by atoms with E-state index < -0.39 is 0 Å². The van der Waals surface area contributed by atoms with Crippen LogP contribution in [0.2, 0.25) is 0 Å². The van der Waals surface area contributed by atoms with Gasteiger partial charge in [0.1, 0.15) is 0 Å². The second-order valence-electron chi connectivity index (χ2n) is 4.61. The van der Waals surface area contributed by atoms with Crippen molar-refractivity contribution in [2.75, 3.05) is 0 Å². The third-order valence-corrected chi connectivity index (χ3v) is 2.92. The Kier molecular flexibility index (Phi) is 4.85. The molecule has 2 nitrogen and oxygen atoms in total. The molecule has 16 heavy (non-hydrogen) atoms. The number of rotatable bonds is 2. The van der Waals surface area contributed by atoms with Gasteiger partial charge in [0.15, 0.2) is 11.6 Å². The maximum atomic E-state index is 12.0. The highest BCUT2D eigenvalue weighted by atomic mass is 16.1. The van der Waals surface area contributed by atoms with E-state index in [0.29, 0.717) is 34.6 Å². The third-order valence-electron chi connectivity index (χ3n) is 2.92. The second-order valence-corrected chi connectivity index (χ2v) is 4.61.